The van der Waals surface area contributed by atoms with Crippen LogP contribution in [0.2, 0.25) is 0 Å². The normalized spacial score (nSPS) is 21.2. The van der Waals surface area contributed by atoms with Crippen LogP contribution in [-0.2, 0) is 24.3 Å². The molecule has 9 heteroatoms. The van der Waals surface area contributed by atoms with Crippen LogP contribution in [0.3, 0.4) is 0 Å². The van der Waals surface area contributed by atoms with Gasteiger partial charge in [0.05, 0.1) is 16.9 Å². The monoisotopic (exact) mass is 457 g/mol. The Kier molecular flexibility index (Phi) is 6.59. The van der Waals surface area contributed by atoms with Gasteiger partial charge in [-0.3, -0.25) is 9.59 Å². The number of rotatable bonds is 7. The van der Waals surface area contributed by atoms with E-state index in [9.17, 15) is 18.0 Å². The SMILES string of the molecule is Cc1ccc(N2C[C@@H](C(=O)Nc3ccc(S(=O)(=O)NC[C@H]4CCCO4)cc3)CC2=O)cc1. The van der Waals surface area contributed by atoms with Gasteiger partial charge in [0.2, 0.25) is 21.8 Å². The highest BCUT2D eigenvalue weighted by Crippen LogP contribution is 2.26. The molecule has 2 heterocycles. The summed E-state index contributed by atoms with van der Waals surface area (Å²) in [5, 5.41) is 2.79. The van der Waals surface area contributed by atoms with Crippen LogP contribution in [-0.4, -0.2) is 46.0 Å². The van der Waals surface area contributed by atoms with Gasteiger partial charge in [0.1, 0.15) is 0 Å². The van der Waals surface area contributed by atoms with Gasteiger partial charge in [0, 0.05) is 37.5 Å². The van der Waals surface area contributed by atoms with Crippen LogP contribution in [0.25, 0.3) is 0 Å². The topological polar surface area (TPSA) is 105 Å². The maximum Gasteiger partial charge on any atom is 0.240 e. The Morgan fingerprint density at radius 2 is 1.84 bits per heavy atom. The largest absolute Gasteiger partial charge is 0.377 e. The third-order valence-electron chi connectivity index (χ3n) is 5.80. The highest BCUT2D eigenvalue weighted by atomic mass is 32.2. The number of ether oxygens (including phenoxy) is 1. The first kappa shape index (κ1) is 22.4. The lowest BCUT2D eigenvalue weighted by Crippen LogP contribution is -2.31. The molecule has 0 unspecified atom stereocenters. The van der Waals surface area contributed by atoms with Gasteiger partial charge in [-0.25, -0.2) is 13.1 Å². The second kappa shape index (κ2) is 9.40. The summed E-state index contributed by atoms with van der Waals surface area (Å²) in [6.45, 7) is 3.19. The zero-order chi connectivity index (χ0) is 22.7. The molecule has 2 aliphatic heterocycles. The number of aryl methyl sites for hydroxylation is 1. The predicted octanol–water partition coefficient (Wildman–Crippen LogP) is 2.44. The first-order valence-corrected chi connectivity index (χ1v) is 12.2. The smallest absolute Gasteiger partial charge is 0.240 e. The van der Waals surface area contributed by atoms with Crippen molar-refractivity contribution >= 4 is 33.2 Å². The van der Waals surface area contributed by atoms with Gasteiger partial charge in [-0.1, -0.05) is 17.7 Å². The van der Waals surface area contributed by atoms with E-state index in [1.165, 1.54) is 12.1 Å². The zero-order valence-electron chi connectivity index (χ0n) is 17.9. The van der Waals surface area contributed by atoms with Gasteiger partial charge in [-0.15, -0.1) is 0 Å². The number of benzene rings is 2. The minimum Gasteiger partial charge on any atom is -0.377 e. The highest BCUT2D eigenvalue weighted by molar-refractivity contribution is 7.89. The van der Waals surface area contributed by atoms with Crippen molar-refractivity contribution in [3.8, 4) is 0 Å². The second-order valence-corrected chi connectivity index (χ2v) is 10.0. The predicted molar refractivity (Wildman–Crippen MR) is 121 cm³/mol. The molecule has 2 saturated heterocycles. The Balaban J connectivity index is 1.34. The summed E-state index contributed by atoms with van der Waals surface area (Å²) in [7, 11) is -3.65. The Hall–Kier alpha value is -2.75. The Morgan fingerprint density at radius 3 is 2.50 bits per heavy atom. The third-order valence-corrected chi connectivity index (χ3v) is 7.24. The summed E-state index contributed by atoms with van der Waals surface area (Å²) in [6, 6.07) is 13.6. The van der Waals surface area contributed by atoms with Gasteiger partial charge in [-0.2, -0.15) is 0 Å². The van der Waals surface area contributed by atoms with Crippen molar-refractivity contribution < 1.29 is 22.7 Å². The van der Waals surface area contributed by atoms with Gasteiger partial charge in [-0.05, 0) is 56.2 Å². The number of nitrogens with zero attached hydrogens (tertiary/aromatic N) is 1. The molecule has 2 amide bonds. The molecule has 8 nitrogen and oxygen atoms in total. The molecule has 2 N–H and O–H groups in total. The molecule has 2 aliphatic rings. The summed E-state index contributed by atoms with van der Waals surface area (Å²) >= 11 is 0. The molecule has 2 aromatic carbocycles. The molecule has 32 heavy (non-hydrogen) atoms. The van der Waals surface area contributed by atoms with E-state index in [1.807, 2.05) is 31.2 Å². The molecule has 2 fully saturated rings. The van der Waals surface area contributed by atoms with Crippen LogP contribution in [0, 0.1) is 12.8 Å². The van der Waals surface area contributed by atoms with Crippen LogP contribution < -0.4 is 14.9 Å². The summed E-state index contributed by atoms with van der Waals surface area (Å²) in [5.41, 5.74) is 2.36. The third kappa shape index (κ3) is 5.17. The molecule has 0 aromatic heterocycles. The molecule has 0 radical (unpaired) electrons. The molecule has 4 rings (SSSR count). The molecular weight excluding hydrogens is 430 g/mol. The van der Waals surface area contributed by atoms with Crippen LogP contribution in [0.5, 0.6) is 0 Å². The lowest BCUT2D eigenvalue weighted by molar-refractivity contribution is -0.122. The number of nitrogens with one attached hydrogen (secondary N) is 2. The van der Waals surface area contributed by atoms with Gasteiger partial charge >= 0.3 is 0 Å². The van der Waals surface area contributed by atoms with E-state index < -0.39 is 15.9 Å². The molecule has 0 saturated carbocycles. The first-order chi connectivity index (χ1) is 15.3. The van der Waals surface area contributed by atoms with Gasteiger partial charge in [0.15, 0.2) is 0 Å². The second-order valence-electron chi connectivity index (χ2n) is 8.24. The number of carbonyl (C=O) groups excluding carboxylic acids is 2. The van der Waals surface area contributed by atoms with E-state index in [1.54, 1.807) is 17.0 Å². The maximum atomic E-state index is 12.7. The van der Waals surface area contributed by atoms with Crippen LogP contribution in [0.4, 0.5) is 11.4 Å². The van der Waals surface area contributed by atoms with E-state index in [-0.39, 0.29) is 35.8 Å². The first-order valence-electron chi connectivity index (χ1n) is 10.7. The van der Waals surface area contributed by atoms with Crippen molar-refractivity contribution in [2.75, 3.05) is 29.9 Å². The number of carbonyl (C=O) groups is 2. The van der Waals surface area contributed by atoms with Crippen molar-refractivity contribution in [1.29, 1.82) is 0 Å². The van der Waals surface area contributed by atoms with Gasteiger partial charge in [0.25, 0.3) is 0 Å². The van der Waals surface area contributed by atoms with E-state index in [4.69, 9.17) is 4.74 Å². The highest BCUT2D eigenvalue weighted by Gasteiger charge is 2.35. The van der Waals surface area contributed by atoms with Crippen molar-refractivity contribution in [3.63, 3.8) is 0 Å². The Bertz CT molecular complexity index is 1080. The van der Waals surface area contributed by atoms with E-state index >= 15 is 0 Å². The standard InChI is InChI=1S/C23H27N3O5S/c1-16-4-8-19(9-5-16)26-15-17(13-22(26)27)23(28)25-18-6-10-21(11-7-18)32(29,30)24-14-20-3-2-12-31-20/h4-11,17,20,24H,2-3,12-15H2,1H3,(H,25,28)/t17-,20+/m0/s1. The minimum atomic E-state index is -3.65. The number of anilines is 2. The Labute approximate surface area is 188 Å². The van der Waals surface area contributed by atoms with Crippen molar-refractivity contribution in [2.45, 2.75) is 37.2 Å². The summed E-state index contributed by atoms with van der Waals surface area (Å²) in [6.07, 6.45) is 1.84. The van der Waals surface area contributed by atoms with Crippen molar-refractivity contribution in [2.24, 2.45) is 5.92 Å². The molecule has 170 valence electrons. The lowest BCUT2D eigenvalue weighted by atomic mass is 10.1. The number of amides is 2. The van der Waals surface area contributed by atoms with E-state index in [0.29, 0.717) is 18.8 Å². The minimum absolute atomic E-state index is 0.0862. The average molecular weight is 458 g/mol. The van der Waals surface area contributed by atoms with Crippen LogP contribution >= 0.6 is 0 Å². The number of hydrogen-bond acceptors (Lipinski definition) is 5. The molecule has 0 spiro atoms. The van der Waals surface area contributed by atoms with Crippen molar-refractivity contribution in [3.05, 3.63) is 54.1 Å². The quantitative estimate of drug-likeness (QED) is 0.665. The van der Waals surface area contributed by atoms with Gasteiger partial charge < -0.3 is 15.0 Å². The summed E-state index contributed by atoms with van der Waals surface area (Å²) < 4.78 is 32.9. The van der Waals surface area contributed by atoms with E-state index in [2.05, 4.69) is 10.0 Å². The molecular formula is C23H27N3O5S. The number of hydrogen-bond donors (Lipinski definition) is 2. The molecule has 2 aromatic rings. The fraction of sp³-hybridized carbons (Fsp3) is 0.391. The zero-order valence-corrected chi connectivity index (χ0v) is 18.7. The maximum absolute atomic E-state index is 12.7. The molecule has 2 atom stereocenters. The van der Waals surface area contributed by atoms with Crippen LogP contribution in [0.15, 0.2) is 53.4 Å². The Morgan fingerprint density at radius 1 is 1.12 bits per heavy atom. The lowest BCUT2D eigenvalue weighted by Gasteiger charge is -2.17. The fourth-order valence-corrected chi connectivity index (χ4v) is 4.98. The number of sulfonamides is 1. The van der Waals surface area contributed by atoms with Crippen molar-refractivity contribution in [1.82, 2.24) is 4.72 Å². The fourth-order valence-electron chi connectivity index (χ4n) is 3.91. The summed E-state index contributed by atoms with van der Waals surface area (Å²) in [4.78, 5) is 26.8. The average Bonchev–Trinajstić information content (AvgIpc) is 3.43. The molecule has 0 bridgehead atoms. The summed E-state index contributed by atoms with van der Waals surface area (Å²) in [5.74, 6) is -0.826. The van der Waals surface area contributed by atoms with E-state index in [0.717, 1.165) is 24.1 Å². The van der Waals surface area contributed by atoms with Crippen LogP contribution in [0.1, 0.15) is 24.8 Å². The molecule has 0 aliphatic carbocycles.